The zero-order valence-electron chi connectivity index (χ0n) is 10.3. The SMILES string of the molecule is CCCCOC(=O)CNCc1cc(F)ccc1F. The van der Waals surface area contributed by atoms with E-state index in [1.54, 1.807) is 0 Å². The minimum atomic E-state index is -0.501. The normalized spacial score (nSPS) is 10.4. The zero-order chi connectivity index (χ0) is 13.4. The molecule has 0 spiro atoms. The van der Waals surface area contributed by atoms with E-state index in [1.165, 1.54) is 0 Å². The molecule has 5 heteroatoms. The molecule has 0 unspecified atom stereocenters. The number of benzene rings is 1. The van der Waals surface area contributed by atoms with Crippen LogP contribution in [-0.2, 0) is 16.1 Å². The van der Waals surface area contributed by atoms with Crippen LogP contribution in [0.2, 0.25) is 0 Å². The molecule has 1 aromatic rings. The molecule has 100 valence electrons. The summed E-state index contributed by atoms with van der Waals surface area (Å²) in [5.41, 5.74) is 0.191. The van der Waals surface area contributed by atoms with E-state index in [1.807, 2.05) is 6.92 Å². The van der Waals surface area contributed by atoms with Gasteiger partial charge in [0, 0.05) is 12.1 Å². The fraction of sp³-hybridized carbons (Fsp3) is 0.462. The largest absolute Gasteiger partial charge is 0.465 e. The van der Waals surface area contributed by atoms with E-state index in [0.717, 1.165) is 31.0 Å². The summed E-state index contributed by atoms with van der Waals surface area (Å²) in [5, 5.41) is 2.72. The Kier molecular flexibility index (Phi) is 6.28. The number of carbonyl (C=O) groups excluding carboxylic acids is 1. The molecule has 0 fully saturated rings. The third-order valence-electron chi connectivity index (χ3n) is 2.35. The van der Waals surface area contributed by atoms with Gasteiger partial charge in [-0.05, 0) is 24.6 Å². The number of esters is 1. The van der Waals surface area contributed by atoms with Crippen molar-refractivity contribution in [1.29, 1.82) is 0 Å². The topological polar surface area (TPSA) is 38.3 Å². The molecular formula is C13H17F2NO2. The lowest BCUT2D eigenvalue weighted by atomic mass is 10.2. The maximum Gasteiger partial charge on any atom is 0.319 e. The molecule has 0 saturated heterocycles. The molecular weight excluding hydrogens is 240 g/mol. The molecule has 0 bridgehead atoms. The second-order valence-corrected chi connectivity index (χ2v) is 3.91. The average Bonchev–Trinajstić information content (AvgIpc) is 2.34. The van der Waals surface area contributed by atoms with Crippen LogP contribution < -0.4 is 5.32 Å². The number of halogens is 2. The Morgan fingerprint density at radius 2 is 2.17 bits per heavy atom. The maximum absolute atomic E-state index is 13.2. The second-order valence-electron chi connectivity index (χ2n) is 3.91. The third-order valence-corrected chi connectivity index (χ3v) is 2.35. The fourth-order valence-corrected chi connectivity index (χ4v) is 1.36. The average molecular weight is 257 g/mol. The van der Waals surface area contributed by atoms with Gasteiger partial charge in [-0.1, -0.05) is 13.3 Å². The van der Waals surface area contributed by atoms with E-state index in [2.05, 4.69) is 5.32 Å². The molecule has 1 aromatic carbocycles. The first-order valence-corrected chi connectivity index (χ1v) is 5.93. The number of ether oxygens (including phenoxy) is 1. The van der Waals surface area contributed by atoms with E-state index >= 15 is 0 Å². The number of unbranched alkanes of at least 4 members (excludes halogenated alkanes) is 1. The fourth-order valence-electron chi connectivity index (χ4n) is 1.36. The number of rotatable bonds is 7. The Morgan fingerprint density at radius 1 is 1.39 bits per heavy atom. The van der Waals surface area contributed by atoms with Crippen LogP contribution in [0.5, 0.6) is 0 Å². The summed E-state index contributed by atoms with van der Waals surface area (Å²) >= 11 is 0. The van der Waals surface area contributed by atoms with Crippen LogP contribution in [0.3, 0.4) is 0 Å². The van der Waals surface area contributed by atoms with E-state index in [0.29, 0.717) is 6.61 Å². The summed E-state index contributed by atoms with van der Waals surface area (Å²) in [4.78, 5) is 11.2. The summed E-state index contributed by atoms with van der Waals surface area (Å²) in [7, 11) is 0. The van der Waals surface area contributed by atoms with E-state index in [4.69, 9.17) is 4.74 Å². The first-order valence-electron chi connectivity index (χ1n) is 5.93. The number of hydrogen-bond acceptors (Lipinski definition) is 3. The van der Waals surface area contributed by atoms with Crippen LogP contribution in [-0.4, -0.2) is 19.1 Å². The van der Waals surface area contributed by atoms with Gasteiger partial charge in [0.1, 0.15) is 11.6 Å². The zero-order valence-corrected chi connectivity index (χ0v) is 10.3. The lowest BCUT2D eigenvalue weighted by Crippen LogP contribution is -2.25. The molecule has 0 amide bonds. The minimum Gasteiger partial charge on any atom is -0.465 e. The Bertz CT molecular complexity index is 397. The highest BCUT2D eigenvalue weighted by molar-refractivity contribution is 5.71. The standard InChI is InChI=1S/C13H17F2NO2/c1-2-3-6-18-13(17)9-16-8-10-7-11(14)4-5-12(10)15/h4-5,7,16H,2-3,6,8-9H2,1H3. The molecule has 0 aliphatic rings. The van der Waals surface area contributed by atoms with Crippen molar-refractivity contribution < 1.29 is 18.3 Å². The number of hydrogen-bond donors (Lipinski definition) is 1. The van der Waals surface area contributed by atoms with E-state index in [-0.39, 0.29) is 24.6 Å². The molecule has 0 aliphatic heterocycles. The second kappa shape index (κ2) is 7.76. The minimum absolute atomic E-state index is 0.0142. The molecule has 18 heavy (non-hydrogen) atoms. The van der Waals surface area contributed by atoms with Gasteiger partial charge in [0.25, 0.3) is 0 Å². The van der Waals surface area contributed by atoms with Crippen LogP contribution in [0.25, 0.3) is 0 Å². The predicted molar refractivity (Wildman–Crippen MR) is 63.9 cm³/mol. The first kappa shape index (κ1) is 14.6. The Hall–Kier alpha value is -1.49. The van der Waals surface area contributed by atoms with Gasteiger partial charge in [0.2, 0.25) is 0 Å². The molecule has 1 rings (SSSR count). The Morgan fingerprint density at radius 3 is 2.89 bits per heavy atom. The van der Waals surface area contributed by atoms with Gasteiger partial charge in [-0.15, -0.1) is 0 Å². The van der Waals surface area contributed by atoms with Crippen LogP contribution in [0.15, 0.2) is 18.2 Å². The quantitative estimate of drug-likeness (QED) is 0.602. The van der Waals surface area contributed by atoms with Gasteiger partial charge in [0.05, 0.1) is 13.2 Å². The van der Waals surface area contributed by atoms with Crippen LogP contribution in [0.1, 0.15) is 25.3 Å². The molecule has 0 aromatic heterocycles. The third kappa shape index (κ3) is 5.23. The van der Waals surface area contributed by atoms with Crippen molar-refractivity contribution in [2.24, 2.45) is 0 Å². The van der Waals surface area contributed by atoms with Gasteiger partial charge >= 0.3 is 5.97 Å². The molecule has 0 heterocycles. The Balaban J connectivity index is 2.28. The van der Waals surface area contributed by atoms with Gasteiger partial charge in [-0.2, -0.15) is 0 Å². The van der Waals surface area contributed by atoms with Crippen molar-refractivity contribution >= 4 is 5.97 Å². The van der Waals surface area contributed by atoms with Crippen LogP contribution in [0.4, 0.5) is 8.78 Å². The van der Waals surface area contributed by atoms with Crippen molar-refractivity contribution in [1.82, 2.24) is 5.32 Å². The van der Waals surface area contributed by atoms with Crippen molar-refractivity contribution in [2.45, 2.75) is 26.3 Å². The molecule has 0 aliphatic carbocycles. The van der Waals surface area contributed by atoms with Crippen molar-refractivity contribution in [3.63, 3.8) is 0 Å². The lowest BCUT2D eigenvalue weighted by Gasteiger charge is -2.06. The van der Waals surface area contributed by atoms with Gasteiger partial charge in [-0.3, -0.25) is 4.79 Å². The highest BCUT2D eigenvalue weighted by Gasteiger charge is 2.05. The van der Waals surface area contributed by atoms with Crippen LogP contribution in [0, 0.1) is 11.6 Å². The maximum atomic E-state index is 13.2. The van der Waals surface area contributed by atoms with Crippen molar-refractivity contribution in [3.8, 4) is 0 Å². The summed E-state index contributed by atoms with van der Waals surface area (Å²) in [6, 6.07) is 3.22. The number of carbonyl (C=O) groups is 1. The van der Waals surface area contributed by atoms with Gasteiger partial charge < -0.3 is 10.1 Å². The molecule has 0 atom stereocenters. The predicted octanol–water partition coefficient (Wildman–Crippen LogP) is 2.40. The first-order chi connectivity index (χ1) is 8.63. The monoisotopic (exact) mass is 257 g/mol. The molecule has 0 saturated carbocycles. The van der Waals surface area contributed by atoms with Crippen LogP contribution >= 0.6 is 0 Å². The van der Waals surface area contributed by atoms with Gasteiger partial charge in [0.15, 0.2) is 0 Å². The van der Waals surface area contributed by atoms with E-state index in [9.17, 15) is 13.6 Å². The summed E-state index contributed by atoms with van der Waals surface area (Å²) in [5.74, 6) is -1.39. The number of nitrogens with one attached hydrogen (secondary N) is 1. The summed E-state index contributed by atoms with van der Waals surface area (Å²) in [6.07, 6.45) is 1.78. The van der Waals surface area contributed by atoms with Crippen molar-refractivity contribution in [3.05, 3.63) is 35.4 Å². The highest BCUT2D eigenvalue weighted by atomic mass is 19.1. The lowest BCUT2D eigenvalue weighted by molar-refractivity contribution is -0.142. The van der Waals surface area contributed by atoms with Gasteiger partial charge in [-0.25, -0.2) is 8.78 Å². The van der Waals surface area contributed by atoms with Crippen molar-refractivity contribution in [2.75, 3.05) is 13.2 Å². The molecule has 3 nitrogen and oxygen atoms in total. The smallest absolute Gasteiger partial charge is 0.319 e. The van der Waals surface area contributed by atoms with E-state index < -0.39 is 11.6 Å². The summed E-state index contributed by atoms with van der Waals surface area (Å²) < 4.78 is 31.0. The summed E-state index contributed by atoms with van der Waals surface area (Å²) in [6.45, 7) is 2.47. The molecule has 1 N–H and O–H groups in total. The Labute approximate surface area is 105 Å². The highest BCUT2D eigenvalue weighted by Crippen LogP contribution is 2.08. The molecule has 0 radical (unpaired) electrons.